The van der Waals surface area contributed by atoms with Gasteiger partial charge in [-0.25, -0.2) is 0 Å². The van der Waals surface area contributed by atoms with E-state index in [1.807, 2.05) is 4.90 Å². The van der Waals surface area contributed by atoms with E-state index in [4.69, 9.17) is 0 Å². The molecular formula is C20H23N3O2. The Morgan fingerprint density at radius 3 is 2.36 bits per heavy atom. The molecule has 0 aliphatic carbocycles. The third-order valence-electron chi connectivity index (χ3n) is 4.36. The molecule has 2 amide bonds. The largest absolute Gasteiger partial charge is 0.368 e. The lowest BCUT2D eigenvalue weighted by atomic mass is 10.1. The Morgan fingerprint density at radius 2 is 1.68 bits per heavy atom. The van der Waals surface area contributed by atoms with E-state index in [2.05, 4.69) is 41.4 Å². The average Bonchev–Trinajstić information content (AvgIpc) is 2.61. The lowest BCUT2D eigenvalue weighted by Gasteiger charge is -2.36. The molecule has 2 aromatic carbocycles. The molecule has 1 heterocycles. The highest BCUT2D eigenvalue weighted by Crippen LogP contribution is 2.19. The van der Waals surface area contributed by atoms with Crippen molar-refractivity contribution in [3.8, 4) is 0 Å². The zero-order valence-corrected chi connectivity index (χ0v) is 14.7. The minimum atomic E-state index is -0.142. The van der Waals surface area contributed by atoms with Crippen molar-refractivity contribution in [1.29, 1.82) is 0 Å². The maximum absolute atomic E-state index is 12.7. The summed E-state index contributed by atoms with van der Waals surface area (Å²) in [5.74, 6) is -0.132. The Kier molecular flexibility index (Phi) is 5.03. The molecule has 5 nitrogen and oxygen atoms in total. The van der Waals surface area contributed by atoms with E-state index in [-0.39, 0.29) is 11.8 Å². The minimum Gasteiger partial charge on any atom is -0.368 e. The molecule has 1 fully saturated rings. The summed E-state index contributed by atoms with van der Waals surface area (Å²) >= 11 is 0. The fourth-order valence-corrected chi connectivity index (χ4v) is 3.11. The van der Waals surface area contributed by atoms with Gasteiger partial charge in [-0.2, -0.15) is 0 Å². The van der Waals surface area contributed by atoms with Crippen LogP contribution in [-0.2, 0) is 4.79 Å². The summed E-state index contributed by atoms with van der Waals surface area (Å²) in [5.41, 5.74) is 3.71. The molecule has 130 valence electrons. The fourth-order valence-electron chi connectivity index (χ4n) is 3.11. The van der Waals surface area contributed by atoms with Crippen molar-refractivity contribution in [3.63, 3.8) is 0 Å². The van der Waals surface area contributed by atoms with Gasteiger partial charge in [-0.1, -0.05) is 18.2 Å². The van der Waals surface area contributed by atoms with Crippen LogP contribution in [0.3, 0.4) is 0 Å². The first kappa shape index (κ1) is 17.0. The maximum Gasteiger partial charge on any atom is 0.254 e. The van der Waals surface area contributed by atoms with Gasteiger partial charge in [0.2, 0.25) is 5.91 Å². The summed E-state index contributed by atoms with van der Waals surface area (Å²) in [4.78, 5) is 28.1. The van der Waals surface area contributed by atoms with Crippen molar-refractivity contribution in [2.75, 3.05) is 36.4 Å². The molecule has 0 bridgehead atoms. The van der Waals surface area contributed by atoms with Gasteiger partial charge in [-0.05, 0) is 42.8 Å². The van der Waals surface area contributed by atoms with E-state index in [0.29, 0.717) is 24.3 Å². The molecule has 0 saturated carbocycles. The molecule has 1 saturated heterocycles. The second kappa shape index (κ2) is 7.38. The van der Waals surface area contributed by atoms with Crippen LogP contribution < -0.4 is 10.2 Å². The standard InChI is InChI=1S/C20H23N3O2/c1-15-5-3-8-19(13-15)22-9-11-23(12-10-22)20(25)17-6-4-7-18(14-17)21-16(2)24/h3-8,13-14H,9-12H2,1-2H3,(H,21,24). The Hall–Kier alpha value is -2.82. The predicted molar refractivity (Wildman–Crippen MR) is 100 cm³/mol. The lowest BCUT2D eigenvalue weighted by Crippen LogP contribution is -2.48. The van der Waals surface area contributed by atoms with Crippen LogP contribution in [-0.4, -0.2) is 42.9 Å². The highest BCUT2D eigenvalue weighted by molar-refractivity contribution is 5.97. The first-order chi connectivity index (χ1) is 12.0. The molecular weight excluding hydrogens is 314 g/mol. The molecule has 0 spiro atoms. The topological polar surface area (TPSA) is 52.7 Å². The van der Waals surface area contributed by atoms with Gasteiger partial charge in [-0.15, -0.1) is 0 Å². The molecule has 0 radical (unpaired) electrons. The monoisotopic (exact) mass is 337 g/mol. The van der Waals surface area contributed by atoms with Gasteiger partial charge >= 0.3 is 0 Å². The summed E-state index contributed by atoms with van der Waals surface area (Å²) in [6.07, 6.45) is 0. The van der Waals surface area contributed by atoms with E-state index in [9.17, 15) is 9.59 Å². The van der Waals surface area contributed by atoms with Gasteiger partial charge in [0.05, 0.1) is 0 Å². The van der Waals surface area contributed by atoms with E-state index >= 15 is 0 Å². The molecule has 25 heavy (non-hydrogen) atoms. The summed E-state index contributed by atoms with van der Waals surface area (Å²) < 4.78 is 0. The van der Waals surface area contributed by atoms with E-state index in [1.165, 1.54) is 18.2 Å². The summed E-state index contributed by atoms with van der Waals surface area (Å²) in [5, 5.41) is 2.72. The van der Waals surface area contributed by atoms with Crippen molar-refractivity contribution >= 4 is 23.2 Å². The molecule has 0 aromatic heterocycles. The molecule has 3 rings (SSSR count). The van der Waals surface area contributed by atoms with Crippen molar-refractivity contribution in [2.45, 2.75) is 13.8 Å². The van der Waals surface area contributed by atoms with Gasteiger partial charge in [-0.3, -0.25) is 9.59 Å². The number of nitrogens with one attached hydrogen (secondary N) is 1. The van der Waals surface area contributed by atoms with Crippen LogP contribution in [0, 0.1) is 6.92 Å². The van der Waals surface area contributed by atoms with Crippen molar-refractivity contribution in [3.05, 3.63) is 59.7 Å². The number of hydrogen-bond donors (Lipinski definition) is 1. The summed E-state index contributed by atoms with van der Waals surface area (Å²) in [6, 6.07) is 15.5. The van der Waals surface area contributed by atoms with Crippen LogP contribution in [0.4, 0.5) is 11.4 Å². The zero-order valence-electron chi connectivity index (χ0n) is 14.7. The Balaban J connectivity index is 1.64. The molecule has 0 atom stereocenters. The van der Waals surface area contributed by atoms with Gasteiger partial charge < -0.3 is 15.1 Å². The number of hydrogen-bond acceptors (Lipinski definition) is 3. The number of carbonyl (C=O) groups is 2. The predicted octanol–water partition coefficient (Wildman–Crippen LogP) is 2.92. The van der Waals surface area contributed by atoms with Crippen LogP contribution >= 0.6 is 0 Å². The summed E-state index contributed by atoms with van der Waals surface area (Å²) in [6.45, 7) is 6.57. The van der Waals surface area contributed by atoms with Gasteiger partial charge in [0.15, 0.2) is 0 Å². The van der Waals surface area contributed by atoms with Gasteiger partial charge in [0.1, 0.15) is 0 Å². The number of anilines is 2. The molecule has 1 aliphatic rings. The number of amides is 2. The van der Waals surface area contributed by atoms with Crippen molar-refractivity contribution in [2.24, 2.45) is 0 Å². The average molecular weight is 337 g/mol. The van der Waals surface area contributed by atoms with Crippen molar-refractivity contribution in [1.82, 2.24) is 4.90 Å². The first-order valence-electron chi connectivity index (χ1n) is 8.51. The number of aryl methyl sites for hydroxylation is 1. The van der Waals surface area contributed by atoms with E-state index in [0.717, 1.165) is 13.1 Å². The highest BCUT2D eigenvalue weighted by atomic mass is 16.2. The smallest absolute Gasteiger partial charge is 0.254 e. The van der Waals surface area contributed by atoms with Gasteiger partial charge in [0, 0.05) is 50.0 Å². The fraction of sp³-hybridized carbons (Fsp3) is 0.300. The number of carbonyl (C=O) groups excluding carboxylic acids is 2. The first-order valence-corrected chi connectivity index (χ1v) is 8.51. The third-order valence-corrected chi connectivity index (χ3v) is 4.36. The van der Waals surface area contributed by atoms with Crippen LogP contribution in [0.2, 0.25) is 0 Å². The number of piperazine rings is 1. The SMILES string of the molecule is CC(=O)Nc1cccc(C(=O)N2CCN(c3cccc(C)c3)CC2)c1. The molecule has 1 aliphatic heterocycles. The normalized spacial score (nSPS) is 14.3. The second-order valence-electron chi connectivity index (χ2n) is 6.38. The molecule has 5 heteroatoms. The highest BCUT2D eigenvalue weighted by Gasteiger charge is 2.22. The van der Waals surface area contributed by atoms with Crippen LogP contribution in [0.5, 0.6) is 0 Å². The van der Waals surface area contributed by atoms with E-state index < -0.39 is 0 Å². The van der Waals surface area contributed by atoms with E-state index in [1.54, 1.807) is 24.3 Å². The maximum atomic E-state index is 12.7. The zero-order chi connectivity index (χ0) is 17.8. The Bertz CT molecular complexity index is 780. The lowest BCUT2D eigenvalue weighted by molar-refractivity contribution is -0.114. The minimum absolute atomic E-state index is 0.0103. The van der Waals surface area contributed by atoms with Crippen LogP contribution in [0.1, 0.15) is 22.8 Å². The van der Waals surface area contributed by atoms with Crippen LogP contribution in [0.15, 0.2) is 48.5 Å². The molecule has 2 aromatic rings. The second-order valence-corrected chi connectivity index (χ2v) is 6.38. The Labute approximate surface area is 148 Å². The van der Waals surface area contributed by atoms with Crippen molar-refractivity contribution < 1.29 is 9.59 Å². The third kappa shape index (κ3) is 4.18. The number of nitrogens with zero attached hydrogens (tertiary/aromatic N) is 2. The summed E-state index contributed by atoms with van der Waals surface area (Å²) in [7, 11) is 0. The Morgan fingerprint density at radius 1 is 0.960 bits per heavy atom. The van der Waals surface area contributed by atoms with Crippen LogP contribution in [0.25, 0.3) is 0 Å². The molecule has 0 unspecified atom stereocenters. The molecule has 1 N–H and O–H groups in total. The number of rotatable bonds is 3. The number of benzene rings is 2. The quantitative estimate of drug-likeness (QED) is 0.937. The van der Waals surface area contributed by atoms with Gasteiger partial charge in [0.25, 0.3) is 5.91 Å².